The quantitative estimate of drug-likeness (QED) is 0.583. The van der Waals surface area contributed by atoms with Crippen LogP contribution in [0.2, 0.25) is 0 Å². The lowest BCUT2D eigenvalue weighted by Crippen LogP contribution is -2.42. The molecule has 6 nitrogen and oxygen atoms in total. The minimum Gasteiger partial charge on any atom is -0.466 e. The van der Waals surface area contributed by atoms with E-state index in [-0.39, 0.29) is 24.1 Å². The summed E-state index contributed by atoms with van der Waals surface area (Å²) < 4.78 is 33.8. The van der Waals surface area contributed by atoms with Crippen molar-refractivity contribution in [2.75, 3.05) is 19.7 Å². The summed E-state index contributed by atoms with van der Waals surface area (Å²) >= 11 is 0. The van der Waals surface area contributed by atoms with Gasteiger partial charge in [0.05, 0.1) is 30.3 Å². The first-order valence-electron chi connectivity index (χ1n) is 10.3. The second-order valence-electron chi connectivity index (χ2n) is 7.64. The van der Waals surface area contributed by atoms with Crippen molar-refractivity contribution in [1.29, 1.82) is 0 Å². The summed E-state index contributed by atoms with van der Waals surface area (Å²) in [4.78, 5) is 27.2. The van der Waals surface area contributed by atoms with E-state index < -0.39 is 11.6 Å². The maximum absolute atomic E-state index is 13.9. The Bertz CT molecular complexity index is 1180. The van der Waals surface area contributed by atoms with E-state index in [4.69, 9.17) is 4.74 Å². The SMILES string of the molecule is CCOC(=O)C1CCCN(Cn2nc(-c3ccc(F)c(F)c3)c3ccccc3c2=O)C1. The molecule has 0 aliphatic carbocycles. The number of hydrogen-bond acceptors (Lipinski definition) is 5. The van der Waals surface area contributed by atoms with Gasteiger partial charge in [-0.2, -0.15) is 5.10 Å². The fraction of sp³-hybridized carbons (Fsp3) is 0.348. The van der Waals surface area contributed by atoms with Gasteiger partial charge < -0.3 is 4.74 Å². The van der Waals surface area contributed by atoms with Crippen molar-refractivity contribution in [2.45, 2.75) is 26.4 Å². The van der Waals surface area contributed by atoms with Crippen LogP contribution in [-0.4, -0.2) is 40.3 Å². The van der Waals surface area contributed by atoms with E-state index in [1.54, 1.807) is 31.2 Å². The second-order valence-corrected chi connectivity index (χ2v) is 7.64. The van der Waals surface area contributed by atoms with Gasteiger partial charge in [-0.3, -0.25) is 14.5 Å². The number of ether oxygens (including phenoxy) is 1. The molecule has 1 aromatic heterocycles. The lowest BCUT2D eigenvalue weighted by Gasteiger charge is -2.31. The Kier molecular flexibility index (Phi) is 6.08. The van der Waals surface area contributed by atoms with E-state index in [0.29, 0.717) is 35.2 Å². The van der Waals surface area contributed by atoms with Crippen LogP contribution in [-0.2, 0) is 16.2 Å². The van der Waals surface area contributed by atoms with Crippen molar-refractivity contribution in [3.8, 4) is 11.3 Å². The fourth-order valence-electron chi connectivity index (χ4n) is 4.01. The minimum absolute atomic E-state index is 0.191. The Hall–Kier alpha value is -3.13. The number of carbonyl (C=O) groups excluding carboxylic acids is 1. The zero-order chi connectivity index (χ0) is 22.0. The predicted octanol–water partition coefficient (Wildman–Crippen LogP) is 3.57. The number of halogens is 2. The van der Waals surface area contributed by atoms with Gasteiger partial charge in [0.25, 0.3) is 5.56 Å². The normalized spacial score (nSPS) is 17.1. The van der Waals surface area contributed by atoms with Crippen molar-refractivity contribution in [3.05, 3.63) is 64.5 Å². The van der Waals surface area contributed by atoms with Crippen molar-refractivity contribution < 1.29 is 18.3 Å². The van der Waals surface area contributed by atoms with Crippen LogP contribution in [0.1, 0.15) is 19.8 Å². The molecule has 0 radical (unpaired) electrons. The van der Waals surface area contributed by atoms with Gasteiger partial charge in [-0.05, 0) is 50.6 Å². The topological polar surface area (TPSA) is 64.4 Å². The number of hydrogen-bond donors (Lipinski definition) is 0. The monoisotopic (exact) mass is 427 g/mol. The van der Waals surface area contributed by atoms with Crippen LogP contribution < -0.4 is 5.56 Å². The number of benzene rings is 2. The van der Waals surface area contributed by atoms with Crippen LogP contribution in [0.25, 0.3) is 22.0 Å². The van der Waals surface area contributed by atoms with Crippen LogP contribution in [0.15, 0.2) is 47.3 Å². The Morgan fingerprint density at radius 2 is 1.94 bits per heavy atom. The summed E-state index contributed by atoms with van der Waals surface area (Å²) in [6.07, 6.45) is 1.55. The van der Waals surface area contributed by atoms with Gasteiger partial charge in [0.1, 0.15) is 0 Å². The van der Waals surface area contributed by atoms with Gasteiger partial charge >= 0.3 is 5.97 Å². The summed E-state index contributed by atoms with van der Waals surface area (Å²) in [5.74, 6) is -2.39. The molecule has 1 atom stereocenters. The lowest BCUT2D eigenvalue weighted by atomic mass is 9.98. The number of likely N-dealkylation sites (tertiary alicyclic amines) is 1. The molecule has 1 saturated heterocycles. The number of rotatable bonds is 5. The highest BCUT2D eigenvalue weighted by Gasteiger charge is 2.27. The van der Waals surface area contributed by atoms with Gasteiger partial charge in [-0.25, -0.2) is 13.5 Å². The average Bonchev–Trinajstić information content (AvgIpc) is 2.78. The first-order valence-corrected chi connectivity index (χ1v) is 10.3. The van der Waals surface area contributed by atoms with E-state index in [9.17, 15) is 18.4 Å². The molecule has 1 fully saturated rings. The molecular formula is C23H23F2N3O3. The molecule has 1 aliphatic rings. The maximum atomic E-state index is 13.9. The van der Waals surface area contributed by atoms with Gasteiger partial charge in [0, 0.05) is 17.5 Å². The highest BCUT2D eigenvalue weighted by molar-refractivity contribution is 5.93. The van der Waals surface area contributed by atoms with Crippen molar-refractivity contribution in [3.63, 3.8) is 0 Å². The molecule has 1 aliphatic heterocycles. The molecule has 1 unspecified atom stereocenters. The third-order valence-electron chi connectivity index (χ3n) is 5.52. The molecule has 3 aromatic rings. The first-order chi connectivity index (χ1) is 15.0. The Morgan fingerprint density at radius 3 is 2.68 bits per heavy atom. The van der Waals surface area contributed by atoms with Crippen LogP contribution in [0.4, 0.5) is 8.78 Å². The number of piperidine rings is 1. The number of carbonyl (C=O) groups is 1. The number of fused-ring (bicyclic) bond motifs is 1. The van der Waals surface area contributed by atoms with Crippen LogP contribution >= 0.6 is 0 Å². The fourth-order valence-corrected chi connectivity index (χ4v) is 4.01. The van der Waals surface area contributed by atoms with Crippen LogP contribution in [0.3, 0.4) is 0 Å². The third-order valence-corrected chi connectivity index (χ3v) is 5.52. The molecule has 0 spiro atoms. The second kappa shape index (κ2) is 8.93. The van der Waals surface area contributed by atoms with Crippen molar-refractivity contribution >= 4 is 16.7 Å². The molecule has 0 saturated carbocycles. The standard InChI is InChI=1S/C23H23F2N3O3/c1-2-31-23(30)16-6-5-11-27(13-16)14-28-22(29)18-8-4-3-7-17(18)21(26-28)15-9-10-19(24)20(25)12-15/h3-4,7-10,12,16H,2,5-6,11,13-14H2,1H3. The van der Waals surface area contributed by atoms with Crippen LogP contribution in [0, 0.1) is 17.6 Å². The van der Waals surface area contributed by atoms with Gasteiger partial charge in [0.15, 0.2) is 11.6 Å². The van der Waals surface area contributed by atoms with E-state index in [2.05, 4.69) is 5.10 Å². The molecule has 0 bridgehead atoms. The largest absolute Gasteiger partial charge is 0.466 e. The Labute approximate surface area is 178 Å². The highest BCUT2D eigenvalue weighted by Crippen LogP contribution is 2.26. The van der Waals surface area contributed by atoms with E-state index >= 15 is 0 Å². The van der Waals surface area contributed by atoms with E-state index in [0.717, 1.165) is 31.5 Å². The summed E-state index contributed by atoms with van der Waals surface area (Å²) in [6.45, 7) is 3.49. The average molecular weight is 427 g/mol. The zero-order valence-corrected chi connectivity index (χ0v) is 17.2. The van der Waals surface area contributed by atoms with Gasteiger partial charge in [-0.1, -0.05) is 18.2 Å². The predicted molar refractivity (Wildman–Crippen MR) is 112 cm³/mol. The highest BCUT2D eigenvalue weighted by atomic mass is 19.2. The number of nitrogens with zero attached hydrogens (tertiary/aromatic N) is 3. The minimum atomic E-state index is -0.977. The van der Waals surface area contributed by atoms with Crippen molar-refractivity contribution in [1.82, 2.24) is 14.7 Å². The molecule has 31 heavy (non-hydrogen) atoms. The smallest absolute Gasteiger partial charge is 0.310 e. The number of aromatic nitrogens is 2. The Balaban J connectivity index is 1.71. The first kappa shape index (κ1) is 21.1. The van der Waals surface area contributed by atoms with E-state index in [1.807, 2.05) is 4.90 Å². The van der Waals surface area contributed by atoms with Crippen molar-refractivity contribution in [2.24, 2.45) is 5.92 Å². The molecule has 0 amide bonds. The molecule has 2 heterocycles. The molecule has 162 valence electrons. The maximum Gasteiger partial charge on any atom is 0.310 e. The third kappa shape index (κ3) is 4.34. The van der Waals surface area contributed by atoms with Crippen LogP contribution in [0.5, 0.6) is 0 Å². The van der Waals surface area contributed by atoms with Gasteiger partial charge in [-0.15, -0.1) is 0 Å². The lowest BCUT2D eigenvalue weighted by molar-refractivity contribution is -0.150. The Morgan fingerprint density at radius 1 is 1.16 bits per heavy atom. The molecule has 0 N–H and O–H groups in total. The molecule has 4 rings (SSSR count). The van der Waals surface area contributed by atoms with E-state index in [1.165, 1.54) is 10.7 Å². The molecule has 2 aromatic carbocycles. The number of esters is 1. The summed E-state index contributed by atoms with van der Waals surface area (Å²) in [6, 6.07) is 10.5. The summed E-state index contributed by atoms with van der Waals surface area (Å²) in [5.41, 5.74) is 0.500. The summed E-state index contributed by atoms with van der Waals surface area (Å²) in [5, 5.41) is 5.51. The summed E-state index contributed by atoms with van der Waals surface area (Å²) in [7, 11) is 0. The van der Waals surface area contributed by atoms with Gasteiger partial charge in [0.2, 0.25) is 0 Å². The zero-order valence-electron chi connectivity index (χ0n) is 17.2. The molecule has 8 heteroatoms. The molecular weight excluding hydrogens is 404 g/mol.